The minimum Gasteiger partial charge on any atom is -0.378 e. The second-order valence-electron chi connectivity index (χ2n) is 5.16. The molecule has 0 radical (unpaired) electrons. The molecule has 0 aliphatic carbocycles. The van der Waals surface area contributed by atoms with E-state index in [9.17, 15) is 4.39 Å². The van der Waals surface area contributed by atoms with Gasteiger partial charge in [0.15, 0.2) is 0 Å². The van der Waals surface area contributed by atoms with Gasteiger partial charge in [-0.1, -0.05) is 23.7 Å². The maximum Gasteiger partial charge on any atom is 0.147 e. The number of nitrogens with zero attached hydrogens (tertiary/aromatic N) is 2. The van der Waals surface area contributed by atoms with Crippen molar-refractivity contribution in [3.63, 3.8) is 0 Å². The highest BCUT2D eigenvalue weighted by atomic mass is 79.9. The first kappa shape index (κ1) is 16.3. The molecule has 0 spiro atoms. The second kappa shape index (κ2) is 6.38. The molecule has 21 heavy (non-hydrogen) atoms. The number of hydrogen-bond donors (Lipinski definition) is 0. The molecule has 0 aliphatic rings. The molecular weight excluding hydrogens is 359 g/mol. The summed E-state index contributed by atoms with van der Waals surface area (Å²) in [6, 6.07) is 6.30. The van der Waals surface area contributed by atoms with Crippen LogP contribution in [0.4, 0.5) is 4.39 Å². The summed E-state index contributed by atoms with van der Waals surface area (Å²) in [6.07, 6.45) is 0. The van der Waals surface area contributed by atoms with Gasteiger partial charge in [0.2, 0.25) is 0 Å². The van der Waals surface area contributed by atoms with Gasteiger partial charge in [0.25, 0.3) is 0 Å². The van der Waals surface area contributed by atoms with Gasteiger partial charge in [-0.25, -0.2) is 14.4 Å². The molecule has 0 N–H and O–H groups in total. The highest BCUT2D eigenvalue weighted by Crippen LogP contribution is 2.32. The molecule has 2 aromatic rings. The summed E-state index contributed by atoms with van der Waals surface area (Å²) >= 11 is 9.52. The monoisotopic (exact) mass is 372 g/mol. The molecule has 0 unspecified atom stereocenters. The van der Waals surface area contributed by atoms with Crippen LogP contribution in [0.1, 0.15) is 30.9 Å². The van der Waals surface area contributed by atoms with E-state index in [1.807, 2.05) is 13.8 Å². The minimum atomic E-state index is -0.499. The summed E-state index contributed by atoms with van der Waals surface area (Å²) in [5, 5.41) is 0.335. The van der Waals surface area contributed by atoms with Crippen LogP contribution in [-0.4, -0.2) is 17.1 Å². The SMILES string of the molecule is COCc1nc(C(C)(C)c2ccc(F)cc2)nc(Cl)c1Br. The van der Waals surface area contributed by atoms with Crippen molar-refractivity contribution in [1.29, 1.82) is 0 Å². The van der Waals surface area contributed by atoms with E-state index in [2.05, 4.69) is 25.9 Å². The lowest BCUT2D eigenvalue weighted by molar-refractivity contribution is 0.180. The van der Waals surface area contributed by atoms with Crippen LogP contribution in [0.3, 0.4) is 0 Å². The van der Waals surface area contributed by atoms with E-state index in [1.54, 1.807) is 19.2 Å². The molecule has 0 saturated carbocycles. The minimum absolute atomic E-state index is 0.274. The Morgan fingerprint density at radius 1 is 1.24 bits per heavy atom. The first-order chi connectivity index (χ1) is 9.86. The fourth-order valence-corrected chi connectivity index (χ4v) is 2.45. The molecule has 112 valence electrons. The molecule has 1 aromatic heterocycles. The number of benzene rings is 1. The third-order valence-electron chi connectivity index (χ3n) is 3.29. The molecule has 2 rings (SSSR count). The van der Waals surface area contributed by atoms with Gasteiger partial charge in [-0.3, -0.25) is 0 Å². The van der Waals surface area contributed by atoms with Crippen LogP contribution in [-0.2, 0) is 16.8 Å². The van der Waals surface area contributed by atoms with Crippen LogP contribution >= 0.6 is 27.5 Å². The van der Waals surface area contributed by atoms with Gasteiger partial charge in [0.1, 0.15) is 16.8 Å². The Balaban J connectivity index is 2.51. The fraction of sp³-hybridized carbons (Fsp3) is 0.333. The van der Waals surface area contributed by atoms with Gasteiger partial charge in [-0.05, 0) is 47.5 Å². The third kappa shape index (κ3) is 3.42. The van der Waals surface area contributed by atoms with Gasteiger partial charge in [0.05, 0.1) is 16.8 Å². The van der Waals surface area contributed by atoms with Crippen LogP contribution in [0.5, 0.6) is 0 Å². The van der Waals surface area contributed by atoms with E-state index in [0.717, 1.165) is 5.56 Å². The Morgan fingerprint density at radius 3 is 2.43 bits per heavy atom. The quantitative estimate of drug-likeness (QED) is 0.740. The summed E-state index contributed by atoms with van der Waals surface area (Å²) in [4.78, 5) is 8.88. The average molecular weight is 374 g/mol. The van der Waals surface area contributed by atoms with Crippen LogP contribution in [0, 0.1) is 5.82 Å². The summed E-state index contributed by atoms with van der Waals surface area (Å²) in [7, 11) is 1.59. The van der Waals surface area contributed by atoms with Gasteiger partial charge in [-0.2, -0.15) is 0 Å². The predicted molar refractivity (Wildman–Crippen MR) is 84.0 cm³/mol. The maximum absolute atomic E-state index is 13.1. The smallest absolute Gasteiger partial charge is 0.147 e. The Morgan fingerprint density at radius 2 is 1.86 bits per heavy atom. The largest absolute Gasteiger partial charge is 0.378 e. The lowest BCUT2D eigenvalue weighted by Gasteiger charge is -2.24. The third-order valence-corrected chi connectivity index (χ3v) is 4.62. The zero-order valence-corrected chi connectivity index (χ0v) is 14.3. The lowest BCUT2D eigenvalue weighted by Crippen LogP contribution is -2.23. The van der Waals surface area contributed by atoms with Crippen molar-refractivity contribution in [1.82, 2.24) is 9.97 Å². The van der Waals surface area contributed by atoms with Crippen molar-refractivity contribution in [3.8, 4) is 0 Å². The van der Waals surface area contributed by atoms with Gasteiger partial charge < -0.3 is 4.74 Å². The summed E-state index contributed by atoms with van der Waals surface area (Å²) in [5.41, 5.74) is 1.09. The molecule has 0 fully saturated rings. The molecule has 6 heteroatoms. The molecule has 0 aliphatic heterocycles. The van der Waals surface area contributed by atoms with E-state index in [-0.39, 0.29) is 5.82 Å². The summed E-state index contributed by atoms with van der Waals surface area (Å²) < 4.78 is 18.8. The Labute approximate surface area is 136 Å². The van der Waals surface area contributed by atoms with Crippen molar-refractivity contribution < 1.29 is 9.13 Å². The Hall–Kier alpha value is -1.04. The molecule has 0 atom stereocenters. The van der Waals surface area contributed by atoms with Crippen molar-refractivity contribution >= 4 is 27.5 Å². The highest BCUT2D eigenvalue weighted by Gasteiger charge is 2.28. The van der Waals surface area contributed by atoms with Crippen LogP contribution in [0.25, 0.3) is 0 Å². The molecule has 0 saturated heterocycles. The van der Waals surface area contributed by atoms with E-state index in [0.29, 0.717) is 27.8 Å². The van der Waals surface area contributed by atoms with E-state index < -0.39 is 5.41 Å². The number of halogens is 3. The molecule has 0 bridgehead atoms. The standard InChI is InChI=1S/C15H15BrClFN2O/c1-15(2,9-4-6-10(18)7-5-9)14-19-11(8-21-3)12(16)13(17)20-14/h4-7H,8H2,1-3H3. The van der Waals surface area contributed by atoms with Crippen molar-refractivity contribution in [2.24, 2.45) is 0 Å². The van der Waals surface area contributed by atoms with Crippen LogP contribution < -0.4 is 0 Å². The molecule has 3 nitrogen and oxygen atoms in total. The maximum atomic E-state index is 13.1. The van der Waals surface area contributed by atoms with Crippen molar-refractivity contribution in [3.05, 3.63) is 56.8 Å². The van der Waals surface area contributed by atoms with Crippen molar-refractivity contribution in [2.75, 3.05) is 7.11 Å². The highest BCUT2D eigenvalue weighted by molar-refractivity contribution is 9.10. The first-order valence-corrected chi connectivity index (χ1v) is 7.50. The summed E-state index contributed by atoms with van der Waals surface area (Å²) in [5.74, 6) is 0.290. The topological polar surface area (TPSA) is 35.0 Å². The fourth-order valence-electron chi connectivity index (χ4n) is 1.97. The number of rotatable bonds is 4. The Kier molecular flexibility index (Phi) is 4.96. The first-order valence-electron chi connectivity index (χ1n) is 6.33. The zero-order chi connectivity index (χ0) is 15.6. The molecule has 1 heterocycles. The molecule has 1 aromatic carbocycles. The van der Waals surface area contributed by atoms with E-state index in [1.165, 1.54) is 12.1 Å². The second-order valence-corrected chi connectivity index (χ2v) is 6.31. The number of ether oxygens (including phenoxy) is 1. The number of aromatic nitrogens is 2. The number of hydrogen-bond acceptors (Lipinski definition) is 3. The van der Waals surface area contributed by atoms with Crippen molar-refractivity contribution in [2.45, 2.75) is 25.9 Å². The summed E-state index contributed by atoms with van der Waals surface area (Å²) in [6.45, 7) is 4.27. The number of methoxy groups -OCH3 is 1. The van der Waals surface area contributed by atoms with Gasteiger partial charge >= 0.3 is 0 Å². The molecule has 0 amide bonds. The lowest BCUT2D eigenvalue weighted by atomic mass is 9.83. The Bertz CT molecular complexity index is 647. The zero-order valence-electron chi connectivity index (χ0n) is 12.0. The molecular formula is C15H15BrClFN2O. The van der Waals surface area contributed by atoms with Gasteiger partial charge in [0, 0.05) is 12.5 Å². The van der Waals surface area contributed by atoms with E-state index in [4.69, 9.17) is 16.3 Å². The van der Waals surface area contributed by atoms with Crippen LogP contribution in [0.2, 0.25) is 5.15 Å². The van der Waals surface area contributed by atoms with E-state index >= 15 is 0 Å². The normalized spacial score (nSPS) is 11.7. The predicted octanol–water partition coefficient (Wildman–Crippen LogP) is 4.50. The van der Waals surface area contributed by atoms with Crippen LogP contribution in [0.15, 0.2) is 28.7 Å². The average Bonchev–Trinajstić information content (AvgIpc) is 2.44. The van der Waals surface area contributed by atoms with Gasteiger partial charge in [-0.15, -0.1) is 0 Å².